The van der Waals surface area contributed by atoms with Crippen LogP contribution >= 0.6 is 11.3 Å². The Balaban J connectivity index is 2.01. The van der Waals surface area contributed by atoms with E-state index >= 15 is 0 Å². The number of methoxy groups -OCH3 is 2. The SMILES string of the molecule is CCN(CC)CCN(C(=O)c1ccc(OC)c(OC)c1)c1nc2cc(C)c(C)cc2s1. The zero-order valence-corrected chi connectivity index (χ0v) is 20.0. The first-order valence-corrected chi connectivity index (χ1v) is 11.4. The molecule has 2 aromatic carbocycles. The first-order valence-electron chi connectivity index (χ1n) is 10.6. The molecule has 0 aliphatic carbocycles. The lowest BCUT2D eigenvalue weighted by Gasteiger charge is -2.25. The number of amides is 1. The van der Waals surface area contributed by atoms with Crippen LogP contribution in [0.5, 0.6) is 11.5 Å². The average molecular weight is 442 g/mol. The van der Waals surface area contributed by atoms with Crippen molar-refractivity contribution in [2.45, 2.75) is 27.7 Å². The van der Waals surface area contributed by atoms with Gasteiger partial charge in [-0.25, -0.2) is 4.98 Å². The van der Waals surface area contributed by atoms with Crippen LogP contribution in [0.4, 0.5) is 5.13 Å². The number of nitrogens with zero attached hydrogens (tertiary/aromatic N) is 3. The summed E-state index contributed by atoms with van der Waals surface area (Å²) < 4.78 is 11.8. The molecule has 6 nitrogen and oxygen atoms in total. The van der Waals surface area contributed by atoms with E-state index in [9.17, 15) is 4.79 Å². The van der Waals surface area contributed by atoms with Crippen LogP contribution in [-0.4, -0.2) is 56.2 Å². The summed E-state index contributed by atoms with van der Waals surface area (Å²) in [6, 6.07) is 9.51. The molecule has 1 heterocycles. The van der Waals surface area contributed by atoms with Gasteiger partial charge in [0, 0.05) is 18.7 Å². The predicted molar refractivity (Wildman–Crippen MR) is 128 cm³/mol. The summed E-state index contributed by atoms with van der Waals surface area (Å²) in [6.07, 6.45) is 0. The molecular weight excluding hydrogens is 410 g/mol. The fourth-order valence-corrected chi connectivity index (χ4v) is 4.54. The fourth-order valence-electron chi connectivity index (χ4n) is 3.47. The van der Waals surface area contributed by atoms with Crippen LogP contribution in [0.1, 0.15) is 35.3 Å². The van der Waals surface area contributed by atoms with Gasteiger partial charge in [-0.15, -0.1) is 0 Å². The van der Waals surface area contributed by atoms with Crippen LogP contribution in [0.2, 0.25) is 0 Å². The zero-order valence-electron chi connectivity index (χ0n) is 19.2. The molecule has 0 aliphatic rings. The van der Waals surface area contributed by atoms with Crippen molar-refractivity contribution in [3.63, 3.8) is 0 Å². The van der Waals surface area contributed by atoms with Crippen molar-refractivity contribution < 1.29 is 14.3 Å². The van der Waals surface area contributed by atoms with Gasteiger partial charge < -0.3 is 14.4 Å². The lowest BCUT2D eigenvalue weighted by Crippen LogP contribution is -2.38. The molecule has 0 fully saturated rings. The van der Waals surface area contributed by atoms with E-state index in [-0.39, 0.29) is 5.91 Å². The topological polar surface area (TPSA) is 54.9 Å². The average Bonchev–Trinajstić information content (AvgIpc) is 3.18. The van der Waals surface area contributed by atoms with Crippen LogP contribution in [0, 0.1) is 13.8 Å². The second-order valence-electron chi connectivity index (χ2n) is 7.45. The van der Waals surface area contributed by atoms with Crippen LogP contribution in [0.15, 0.2) is 30.3 Å². The maximum absolute atomic E-state index is 13.6. The van der Waals surface area contributed by atoms with Crippen LogP contribution < -0.4 is 14.4 Å². The Morgan fingerprint density at radius 1 is 0.968 bits per heavy atom. The van der Waals surface area contributed by atoms with Gasteiger partial charge >= 0.3 is 0 Å². The third-order valence-corrected chi connectivity index (χ3v) is 6.67. The van der Waals surface area contributed by atoms with Crippen LogP contribution in [-0.2, 0) is 0 Å². The smallest absolute Gasteiger partial charge is 0.260 e. The molecule has 1 aromatic heterocycles. The quantitative estimate of drug-likeness (QED) is 0.472. The van der Waals surface area contributed by atoms with Gasteiger partial charge in [-0.1, -0.05) is 25.2 Å². The molecule has 3 aromatic rings. The monoisotopic (exact) mass is 441 g/mol. The molecule has 0 aliphatic heterocycles. The number of ether oxygens (including phenoxy) is 2. The number of benzene rings is 2. The molecule has 0 bridgehead atoms. The van der Waals surface area contributed by atoms with Crippen molar-refractivity contribution in [1.29, 1.82) is 0 Å². The number of rotatable bonds is 9. The molecule has 0 atom stereocenters. The van der Waals surface area contributed by atoms with E-state index in [0.717, 1.165) is 29.9 Å². The number of likely N-dealkylation sites (N-methyl/N-ethyl adjacent to an activating group) is 1. The molecular formula is C24H31N3O3S. The maximum atomic E-state index is 13.6. The molecule has 0 N–H and O–H groups in total. The minimum absolute atomic E-state index is 0.0967. The Bertz CT molecular complexity index is 1020. The molecule has 0 saturated heterocycles. The summed E-state index contributed by atoms with van der Waals surface area (Å²) in [7, 11) is 3.16. The first kappa shape index (κ1) is 23.0. The molecule has 1 amide bonds. The molecule has 0 spiro atoms. The van der Waals surface area contributed by atoms with Gasteiger partial charge in [-0.3, -0.25) is 9.69 Å². The van der Waals surface area contributed by atoms with E-state index in [1.807, 2.05) is 0 Å². The Hall–Kier alpha value is -2.64. The molecule has 3 rings (SSSR count). The Morgan fingerprint density at radius 3 is 2.29 bits per heavy atom. The van der Waals surface area contributed by atoms with Crippen molar-refractivity contribution in [2.75, 3.05) is 45.3 Å². The van der Waals surface area contributed by atoms with Crippen molar-refractivity contribution in [2.24, 2.45) is 0 Å². The normalized spacial score (nSPS) is 11.2. The number of carbonyl (C=O) groups is 1. The van der Waals surface area contributed by atoms with Gasteiger partial charge in [-0.05, 0) is 68.4 Å². The number of carbonyl (C=O) groups excluding carboxylic acids is 1. The summed E-state index contributed by atoms with van der Waals surface area (Å²) in [4.78, 5) is 22.5. The van der Waals surface area contributed by atoms with E-state index in [1.165, 1.54) is 11.1 Å². The van der Waals surface area contributed by atoms with Crippen molar-refractivity contribution in [3.05, 3.63) is 47.0 Å². The van der Waals surface area contributed by atoms with E-state index in [4.69, 9.17) is 14.5 Å². The maximum Gasteiger partial charge on any atom is 0.260 e. The lowest BCUT2D eigenvalue weighted by molar-refractivity contribution is 0.0983. The van der Waals surface area contributed by atoms with E-state index in [1.54, 1.807) is 48.7 Å². The Morgan fingerprint density at radius 2 is 1.65 bits per heavy atom. The summed E-state index contributed by atoms with van der Waals surface area (Å²) in [5, 5.41) is 0.715. The largest absolute Gasteiger partial charge is 0.493 e. The fraction of sp³-hybridized carbons (Fsp3) is 0.417. The summed E-state index contributed by atoms with van der Waals surface area (Å²) in [6.45, 7) is 11.7. The van der Waals surface area contributed by atoms with E-state index < -0.39 is 0 Å². The van der Waals surface area contributed by atoms with Gasteiger partial charge in [0.15, 0.2) is 16.6 Å². The van der Waals surface area contributed by atoms with Crippen molar-refractivity contribution in [1.82, 2.24) is 9.88 Å². The number of aryl methyl sites for hydroxylation is 2. The summed E-state index contributed by atoms with van der Waals surface area (Å²) in [5.74, 6) is 1.04. The summed E-state index contributed by atoms with van der Waals surface area (Å²) in [5.41, 5.74) is 3.90. The number of hydrogen-bond donors (Lipinski definition) is 0. The van der Waals surface area contributed by atoms with Crippen LogP contribution in [0.25, 0.3) is 10.2 Å². The standard InChI is InChI=1S/C24H31N3O3S/c1-7-26(8-2)11-12-27(23(28)18-9-10-20(29-5)21(15-18)30-6)24-25-19-13-16(3)17(4)14-22(19)31-24/h9-10,13-15H,7-8,11-12H2,1-6H3. The molecule has 31 heavy (non-hydrogen) atoms. The number of anilines is 1. The third-order valence-electron chi connectivity index (χ3n) is 5.63. The molecule has 0 radical (unpaired) electrons. The van der Waals surface area contributed by atoms with Crippen molar-refractivity contribution in [3.8, 4) is 11.5 Å². The van der Waals surface area contributed by atoms with Crippen LogP contribution in [0.3, 0.4) is 0 Å². The highest BCUT2D eigenvalue weighted by Crippen LogP contribution is 2.33. The van der Waals surface area contributed by atoms with Gasteiger partial charge in [0.1, 0.15) is 0 Å². The molecule has 7 heteroatoms. The highest BCUT2D eigenvalue weighted by atomic mass is 32.1. The van der Waals surface area contributed by atoms with Gasteiger partial charge in [0.2, 0.25) is 0 Å². The van der Waals surface area contributed by atoms with E-state index in [0.29, 0.717) is 28.7 Å². The number of thiazole rings is 1. The second-order valence-corrected chi connectivity index (χ2v) is 8.46. The highest BCUT2D eigenvalue weighted by molar-refractivity contribution is 7.22. The molecule has 166 valence electrons. The second kappa shape index (κ2) is 10.1. The number of aromatic nitrogens is 1. The Labute approximate surface area is 188 Å². The lowest BCUT2D eigenvalue weighted by atomic mass is 10.1. The molecule has 0 unspecified atom stereocenters. The Kier molecular flexibility index (Phi) is 7.51. The predicted octanol–water partition coefficient (Wildman–Crippen LogP) is 4.92. The minimum Gasteiger partial charge on any atom is -0.493 e. The third kappa shape index (κ3) is 4.99. The first-order chi connectivity index (χ1) is 14.9. The zero-order chi connectivity index (χ0) is 22.5. The summed E-state index contributed by atoms with van der Waals surface area (Å²) >= 11 is 1.56. The minimum atomic E-state index is -0.0967. The van der Waals surface area contributed by atoms with Gasteiger partial charge in [0.05, 0.1) is 24.4 Å². The van der Waals surface area contributed by atoms with Crippen molar-refractivity contribution >= 4 is 32.6 Å². The number of hydrogen-bond acceptors (Lipinski definition) is 6. The number of fused-ring (bicyclic) bond motifs is 1. The van der Waals surface area contributed by atoms with Gasteiger partial charge in [-0.2, -0.15) is 0 Å². The van der Waals surface area contributed by atoms with E-state index in [2.05, 4.69) is 44.7 Å². The molecule has 0 saturated carbocycles. The highest BCUT2D eigenvalue weighted by Gasteiger charge is 2.23. The van der Waals surface area contributed by atoms with Gasteiger partial charge in [0.25, 0.3) is 5.91 Å².